The van der Waals surface area contributed by atoms with Crippen LogP contribution in [0.3, 0.4) is 0 Å². The van der Waals surface area contributed by atoms with E-state index in [2.05, 4.69) is 0 Å². The van der Waals surface area contributed by atoms with Crippen LogP contribution in [-0.4, -0.2) is 90.7 Å². The largest absolute Gasteiger partial charge is 1.00 e. The molecule has 0 N–H and O–H groups in total. The molecule has 0 saturated carbocycles. The molecular weight excluding hydrogens is 413 g/mol. The summed E-state index contributed by atoms with van der Waals surface area (Å²) in [4.78, 5) is 34.2. The molecule has 0 aliphatic carbocycles. The Morgan fingerprint density at radius 3 is 1.48 bits per heavy atom. The van der Waals surface area contributed by atoms with Gasteiger partial charge in [-0.15, -0.1) is 0 Å². The number of carbonyl (C=O) groups is 3. The van der Waals surface area contributed by atoms with E-state index in [9.17, 15) is 29.7 Å². The summed E-state index contributed by atoms with van der Waals surface area (Å²) in [6.07, 6.45) is -1.50. The van der Waals surface area contributed by atoms with Crippen molar-refractivity contribution >= 4 is 26.8 Å². The molecule has 0 aromatic carbocycles. The van der Waals surface area contributed by atoms with Gasteiger partial charge in [-0.05, 0) is 0 Å². The van der Waals surface area contributed by atoms with Crippen LogP contribution in [0.1, 0.15) is 0 Å². The summed E-state index contributed by atoms with van der Waals surface area (Å²) in [6, 6.07) is 0.144. The van der Waals surface area contributed by atoms with E-state index in [1.807, 2.05) is 0 Å². The van der Waals surface area contributed by atoms with Gasteiger partial charge in [0.25, 0.3) is 0 Å². The number of rotatable bonds is 13. The van der Waals surface area contributed by atoms with Crippen LogP contribution in [0.15, 0.2) is 0 Å². The quantitative estimate of drug-likeness (QED) is 0.255. The summed E-state index contributed by atoms with van der Waals surface area (Å²) in [5.74, 6) is -2.97. The maximum absolute atomic E-state index is 11.2. The smallest absolute Gasteiger partial charge is 0.549 e. The predicted molar refractivity (Wildman–Crippen MR) is 75.0 cm³/mol. The summed E-state index contributed by atoms with van der Waals surface area (Å²) >= 11 is 0. The van der Waals surface area contributed by atoms with Crippen LogP contribution < -0.4 is 104 Å². The van der Waals surface area contributed by atoms with E-state index in [1.165, 1.54) is 21.3 Å². The fourth-order valence-electron chi connectivity index (χ4n) is 1.96. The third-order valence-electron chi connectivity index (χ3n) is 3.27. The van der Waals surface area contributed by atoms with E-state index < -0.39 is 39.9 Å². The fraction of sp³-hybridized carbons (Fsp3) is 0.750. The zero-order valence-corrected chi connectivity index (χ0v) is 23.8. The van der Waals surface area contributed by atoms with Crippen molar-refractivity contribution in [2.45, 2.75) is 6.04 Å². The first kappa shape index (κ1) is 35.7. The average Bonchev–Trinajstić information content (AvgIpc) is 2.50. The second-order valence-electron chi connectivity index (χ2n) is 4.75. The molecule has 1 amide bonds. The van der Waals surface area contributed by atoms with Gasteiger partial charge >= 0.3 is 97.5 Å². The van der Waals surface area contributed by atoms with E-state index in [-0.39, 0.29) is 114 Å². The standard InChI is InChI=1S/C12H24N2O9Si.3Na/c1-21-24(22-2,23-3)7-6-14(12(19)20)5-4-13(8-10(15)16)9-11(17)18;;;/h4-9H2,1-3H3,(H,15,16)(H,17,18)(H,19,20);;;/q;3*+1/p-3. The van der Waals surface area contributed by atoms with Crippen molar-refractivity contribution in [2.24, 2.45) is 0 Å². The third kappa shape index (κ3) is 15.7. The molecular formula is C12H21N2Na3O9Si. The van der Waals surface area contributed by atoms with E-state index in [0.29, 0.717) is 0 Å². The molecule has 0 fully saturated rings. The third-order valence-corrected chi connectivity index (χ3v) is 5.97. The van der Waals surface area contributed by atoms with E-state index >= 15 is 0 Å². The molecule has 0 spiro atoms. The Hall–Kier alpha value is 1.27. The Labute approximate surface area is 225 Å². The number of nitrogens with zero attached hydrogens (tertiary/aromatic N) is 2. The number of carboxylic acid groups (broad SMARTS) is 3. The normalized spacial score (nSPS) is 10.2. The molecule has 140 valence electrons. The molecule has 0 rings (SSSR count). The molecule has 0 aromatic rings. The van der Waals surface area contributed by atoms with Crippen LogP contribution in [0.25, 0.3) is 0 Å². The van der Waals surface area contributed by atoms with Gasteiger partial charge in [0.1, 0.15) is 6.09 Å². The van der Waals surface area contributed by atoms with Gasteiger partial charge in [-0.3, -0.25) is 4.90 Å². The summed E-state index contributed by atoms with van der Waals surface area (Å²) < 4.78 is 15.5. The van der Waals surface area contributed by atoms with Gasteiger partial charge in [-0.25, -0.2) is 0 Å². The molecule has 0 aliphatic heterocycles. The molecule has 0 radical (unpaired) electrons. The Morgan fingerprint density at radius 2 is 1.19 bits per heavy atom. The molecule has 0 saturated heterocycles. The fourth-order valence-corrected chi connectivity index (χ4v) is 3.62. The minimum atomic E-state index is -2.99. The van der Waals surface area contributed by atoms with Gasteiger partial charge < -0.3 is 47.9 Å². The van der Waals surface area contributed by atoms with Crippen LogP contribution in [-0.2, 0) is 22.9 Å². The Bertz CT molecular complexity index is 420. The number of carboxylic acids is 2. The maximum Gasteiger partial charge on any atom is 1.00 e. The van der Waals surface area contributed by atoms with Crippen LogP contribution >= 0.6 is 0 Å². The van der Waals surface area contributed by atoms with Gasteiger partial charge in [0.15, 0.2) is 0 Å². The van der Waals surface area contributed by atoms with Crippen molar-refractivity contribution in [3.8, 4) is 0 Å². The first-order valence-corrected chi connectivity index (χ1v) is 8.86. The minimum Gasteiger partial charge on any atom is -0.549 e. The Morgan fingerprint density at radius 1 is 0.778 bits per heavy atom. The average molecular weight is 434 g/mol. The first-order valence-electron chi connectivity index (χ1n) is 6.93. The monoisotopic (exact) mass is 434 g/mol. The van der Waals surface area contributed by atoms with Crippen LogP contribution in [0, 0.1) is 0 Å². The van der Waals surface area contributed by atoms with Crippen LogP contribution in [0.2, 0.25) is 6.04 Å². The van der Waals surface area contributed by atoms with E-state index in [4.69, 9.17) is 13.3 Å². The molecule has 27 heavy (non-hydrogen) atoms. The van der Waals surface area contributed by atoms with Crippen LogP contribution in [0.4, 0.5) is 4.79 Å². The molecule has 0 aliphatic rings. The summed E-state index contributed by atoms with van der Waals surface area (Å²) in [5.41, 5.74) is 0. The summed E-state index contributed by atoms with van der Waals surface area (Å²) in [6.45, 7) is -1.71. The number of hydrogen-bond acceptors (Lipinski definition) is 10. The second kappa shape index (κ2) is 19.2. The molecule has 0 heterocycles. The topological polar surface area (TPSA) is 155 Å². The van der Waals surface area contributed by atoms with Crippen molar-refractivity contribution in [3.05, 3.63) is 0 Å². The number of aliphatic carboxylic acids is 2. The zero-order valence-electron chi connectivity index (χ0n) is 16.8. The van der Waals surface area contributed by atoms with Gasteiger partial charge in [-0.2, -0.15) is 0 Å². The van der Waals surface area contributed by atoms with Crippen molar-refractivity contribution in [1.82, 2.24) is 9.80 Å². The number of amides is 1. The molecule has 0 unspecified atom stereocenters. The number of carbonyl (C=O) groups excluding carboxylic acids is 3. The van der Waals surface area contributed by atoms with E-state index in [1.54, 1.807) is 0 Å². The van der Waals surface area contributed by atoms with Gasteiger partial charge in [0.05, 0.1) is 11.9 Å². The SMILES string of the molecule is CO[Si](CCN(CCN(CC(=O)[O-])CC(=O)[O-])C(=O)[O-])(OC)OC.[Na+].[Na+].[Na+]. The van der Waals surface area contributed by atoms with Crippen molar-refractivity contribution in [3.63, 3.8) is 0 Å². The second-order valence-corrected chi connectivity index (χ2v) is 7.84. The zero-order chi connectivity index (χ0) is 18.8. The van der Waals surface area contributed by atoms with Gasteiger partial charge in [-0.1, -0.05) is 0 Å². The Kier molecular flexibility index (Phi) is 25.4. The van der Waals surface area contributed by atoms with E-state index in [0.717, 1.165) is 9.80 Å². The van der Waals surface area contributed by atoms with Crippen molar-refractivity contribution in [1.29, 1.82) is 0 Å². The molecule has 0 atom stereocenters. The van der Waals surface area contributed by atoms with Crippen molar-refractivity contribution in [2.75, 3.05) is 54.1 Å². The number of hydrogen-bond donors (Lipinski definition) is 0. The maximum atomic E-state index is 11.2. The van der Waals surface area contributed by atoms with Gasteiger partial charge in [0.2, 0.25) is 0 Å². The molecule has 0 aromatic heterocycles. The minimum absolute atomic E-state index is 0. The van der Waals surface area contributed by atoms with Crippen LogP contribution in [0.5, 0.6) is 0 Å². The molecule has 0 bridgehead atoms. The summed E-state index contributed by atoms with van der Waals surface area (Å²) in [5, 5.41) is 32.4. The molecule has 15 heteroatoms. The molecule has 11 nitrogen and oxygen atoms in total. The first-order chi connectivity index (χ1) is 11.2. The Balaban J connectivity index is -0.000000882. The summed E-state index contributed by atoms with van der Waals surface area (Å²) in [7, 11) is 1.15. The predicted octanol–water partition coefficient (Wildman–Crippen LogP) is -13.7. The van der Waals surface area contributed by atoms with Gasteiger partial charge in [0, 0.05) is 60.1 Å². The van der Waals surface area contributed by atoms with Crippen molar-refractivity contribution < 1.29 is 132 Å².